The van der Waals surface area contributed by atoms with Crippen LogP contribution in [0.3, 0.4) is 0 Å². The fraction of sp³-hybridized carbons (Fsp3) is 0.774. The molecule has 0 spiro atoms. The normalized spacial score (nSPS) is 14.9. The largest absolute Gasteiger partial charge is 0.381 e. The molecule has 0 N–H and O–H groups in total. The van der Waals surface area contributed by atoms with Gasteiger partial charge in [-0.25, -0.2) is 0 Å². The van der Waals surface area contributed by atoms with Crippen molar-refractivity contribution in [1.82, 2.24) is 0 Å². The Bertz CT molecular complexity index is 604. The van der Waals surface area contributed by atoms with Gasteiger partial charge in [-0.2, -0.15) is 0 Å². The summed E-state index contributed by atoms with van der Waals surface area (Å²) in [6, 6.07) is 10.2. The van der Waals surface area contributed by atoms with E-state index in [4.69, 9.17) is 9.47 Å². The van der Waals surface area contributed by atoms with Gasteiger partial charge in [0, 0.05) is 24.9 Å². The Kier molecular flexibility index (Phi) is 16.3. The van der Waals surface area contributed by atoms with Gasteiger partial charge in [0.2, 0.25) is 0 Å². The Morgan fingerprint density at radius 3 is 1.62 bits per heavy atom. The summed E-state index contributed by atoms with van der Waals surface area (Å²) in [5.41, 5.74) is 1.10. The fourth-order valence-electron chi connectivity index (χ4n) is 5.03. The molecule has 2 rings (SSSR count). The maximum absolute atomic E-state index is 11.6. The van der Waals surface area contributed by atoms with Crippen molar-refractivity contribution in [3.05, 3.63) is 35.9 Å². The highest BCUT2D eigenvalue weighted by Crippen LogP contribution is 2.39. The van der Waals surface area contributed by atoms with E-state index in [9.17, 15) is 4.79 Å². The van der Waals surface area contributed by atoms with Crippen LogP contribution in [0.4, 0.5) is 0 Å². The first-order chi connectivity index (χ1) is 16.7. The maximum atomic E-state index is 11.6. The molecule has 0 heterocycles. The van der Waals surface area contributed by atoms with Crippen LogP contribution in [0.15, 0.2) is 30.3 Å². The number of benzene rings is 1. The highest BCUT2D eigenvalue weighted by atomic mass is 16.5. The molecular formula is C31H52O3. The Hall–Kier alpha value is -1.19. The topological polar surface area (TPSA) is 35.5 Å². The van der Waals surface area contributed by atoms with E-state index in [-0.39, 0.29) is 5.41 Å². The molecule has 34 heavy (non-hydrogen) atoms. The van der Waals surface area contributed by atoms with Crippen LogP contribution in [-0.2, 0) is 20.9 Å². The van der Waals surface area contributed by atoms with E-state index in [1.807, 2.05) is 18.2 Å². The second-order valence-corrected chi connectivity index (χ2v) is 10.7. The van der Waals surface area contributed by atoms with Crippen molar-refractivity contribution in [3.8, 4) is 0 Å². The highest BCUT2D eigenvalue weighted by Gasteiger charge is 2.44. The van der Waals surface area contributed by atoms with Crippen molar-refractivity contribution in [2.45, 2.75) is 129 Å². The van der Waals surface area contributed by atoms with Gasteiger partial charge in [-0.1, -0.05) is 134 Å². The van der Waals surface area contributed by atoms with Gasteiger partial charge in [-0.3, -0.25) is 4.79 Å². The van der Waals surface area contributed by atoms with Gasteiger partial charge in [0.05, 0.1) is 19.8 Å². The van der Waals surface area contributed by atoms with Gasteiger partial charge in [-0.15, -0.1) is 0 Å². The Morgan fingerprint density at radius 1 is 0.647 bits per heavy atom. The summed E-state index contributed by atoms with van der Waals surface area (Å²) in [5, 5.41) is 0. The number of carbonyl (C=O) groups is 1. The number of rotatable bonds is 23. The lowest BCUT2D eigenvalue weighted by molar-refractivity contribution is -0.144. The molecule has 0 unspecified atom stereocenters. The van der Waals surface area contributed by atoms with Gasteiger partial charge in [-0.05, 0) is 12.0 Å². The van der Waals surface area contributed by atoms with Crippen molar-refractivity contribution in [2.75, 3.05) is 19.8 Å². The molecule has 0 saturated heterocycles. The first kappa shape index (κ1) is 29.0. The van der Waals surface area contributed by atoms with Gasteiger partial charge in [0.15, 0.2) is 0 Å². The number of hydrogen-bond acceptors (Lipinski definition) is 3. The first-order valence-electron chi connectivity index (χ1n) is 14.5. The standard InChI is InChI=1S/C31H52O3/c1-2-3-4-5-6-7-8-9-10-11-12-13-14-15-16-20-23-33-27-31(24-30(32)25-31)28-34-26-29-21-18-17-19-22-29/h17-19,21-22H,2-16,20,23-28H2,1H3. The first-order valence-corrected chi connectivity index (χ1v) is 14.5. The molecule has 0 aliphatic heterocycles. The highest BCUT2D eigenvalue weighted by molar-refractivity contribution is 5.86. The Labute approximate surface area is 210 Å². The molecule has 0 aromatic heterocycles. The summed E-state index contributed by atoms with van der Waals surface area (Å²) in [6.07, 6.45) is 23.4. The fourth-order valence-corrected chi connectivity index (χ4v) is 5.03. The summed E-state index contributed by atoms with van der Waals surface area (Å²) in [5.74, 6) is 0.342. The minimum absolute atomic E-state index is 0.0824. The molecule has 194 valence electrons. The average molecular weight is 473 g/mol. The van der Waals surface area contributed by atoms with E-state index < -0.39 is 0 Å². The second-order valence-electron chi connectivity index (χ2n) is 10.7. The zero-order chi connectivity index (χ0) is 24.2. The SMILES string of the molecule is CCCCCCCCCCCCCCCCCCOCC1(COCc2ccccc2)CC(=O)C1. The van der Waals surface area contributed by atoms with E-state index in [1.54, 1.807) is 0 Å². The molecule has 0 radical (unpaired) electrons. The molecule has 0 atom stereocenters. The summed E-state index contributed by atoms with van der Waals surface area (Å²) >= 11 is 0. The Morgan fingerprint density at radius 2 is 1.12 bits per heavy atom. The molecule has 1 aliphatic rings. The summed E-state index contributed by atoms with van der Waals surface area (Å²) < 4.78 is 11.9. The third-order valence-corrected chi connectivity index (χ3v) is 7.21. The van der Waals surface area contributed by atoms with Crippen LogP contribution >= 0.6 is 0 Å². The summed E-state index contributed by atoms with van der Waals surface area (Å²) in [7, 11) is 0. The van der Waals surface area contributed by atoms with Crippen molar-refractivity contribution in [2.24, 2.45) is 5.41 Å². The van der Waals surface area contributed by atoms with Gasteiger partial charge in [0.25, 0.3) is 0 Å². The van der Waals surface area contributed by atoms with Crippen LogP contribution < -0.4 is 0 Å². The van der Waals surface area contributed by atoms with Crippen LogP contribution in [0, 0.1) is 5.41 Å². The molecular weight excluding hydrogens is 420 g/mol. The van der Waals surface area contributed by atoms with Crippen molar-refractivity contribution < 1.29 is 14.3 Å². The van der Waals surface area contributed by atoms with Crippen LogP contribution in [-0.4, -0.2) is 25.6 Å². The number of carbonyl (C=O) groups excluding carboxylic acids is 1. The smallest absolute Gasteiger partial charge is 0.134 e. The van der Waals surface area contributed by atoms with E-state index in [1.165, 1.54) is 102 Å². The lowest BCUT2D eigenvalue weighted by atomic mass is 9.69. The lowest BCUT2D eigenvalue weighted by Gasteiger charge is -2.39. The quantitative estimate of drug-likeness (QED) is 0.149. The average Bonchev–Trinajstić information content (AvgIpc) is 2.83. The molecule has 3 nitrogen and oxygen atoms in total. The molecule has 1 aromatic rings. The van der Waals surface area contributed by atoms with Gasteiger partial charge in [0.1, 0.15) is 5.78 Å². The number of unbranched alkanes of at least 4 members (excludes halogenated alkanes) is 15. The lowest BCUT2D eigenvalue weighted by Crippen LogP contribution is -2.45. The van der Waals surface area contributed by atoms with E-state index in [2.05, 4.69) is 19.1 Å². The predicted octanol–water partition coefficient (Wildman–Crippen LogP) is 8.83. The molecule has 3 heteroatoms. The van der Waals surface area contributed by atoms with Crippen LogP contribution in [0.5, 0.6) is 0 Å². The van der Waals surface area contributed by atoms with Crippen molar-refractivity contribution >= 4 is 5.78 Å². The zero-order valence-corrected chi connectivity index (χ0v) is 22.2. The number of ether oxygens (including phenoxy) is 2. The predicted molar refractivity (Wildman–Crippen MR) is 143 cm³/mol. The third kappa shape index (κ3) is 13.6. The molecule has 0 bridgehead atoms. The second kappa shape index (κ2) is 19.1. The Balaban J connectivity index is 1.35. The van der Waals surface area contributed by atoms with E-state index in [0.29, 0.717) is 38.4 Å². The monoisotopic (exact) mass is 472 g/mol. The molecule has 1 fully saturated rings. The van der Waals surface area contributed by atoms with Crippen molar-refractivity contribution in [3.63, 3.8) is 0 Å². The van der Waals surface area contributed by atoms with Crippen LogP contribution in [0.25, 0.3) is 0 Å². The maximum Gasteiger partial charge on any atom is 0.134 e. The van der Waals surface area contributed by atoms with Gasteiger partial charge < -0.3 is 9.47 Å². The van der Waals surface area contributed by atoms with E-state index >= 15 is 0 Å². The van der Waals surface area contributed by atoms with Crippen molar-refractivity contribution in [1.29, 1.82) is 0 Å². The minimum Gasteiger partial charge on any atom is -0.381 e. The van der Waals surface area contributed by atoms with E-state index in [0.717, 1.165) is 13.0 Å². The zero-order valence-electron chi connectivity index (χ0n) is 22.2. The molecule has 1 aliphatic carbocycles. The summed E-state index contributed by atoms with van der Waals surface area (Å²) in [4.78, 5) is 11.6. The molecule has 1 aromatic carbocycles. The number of hydrogen-bond donors (Lipinski definition) is 0. The number of Topliss-reactive ketones (excluding diaryl/α,β-unsaturated/α-hetero) is 1. The minimum atomic E-state index is -0.0824. The summed E-state index contributed by atoms with van der Waals surface area (Å²) in [6.45, 7) is 4.98. The van der Waals surface area contributed by atoms with Crippen LogP contribution in [0.2, 0.25) is 0 Å². The third-order valence-electron chi connectivity index (χ3n) is 7.21. The number of ketones is 1. The molecule has 1 saturated carbocycles. The van der Waals surface area contributed by atoms with Crippen LogP contribution in [0.1, 0.15) is 128 Å². The molecule has 0 amide bonds. The van der Waals surface area contributed by atoms with Gasteiger partial charge >= 0.3 is 0 Å².